The SMILES string of the molecule is CCC(CBr)=NOC(C)(C)C. The summed E-state index contributed by atoms with van der Waals surface area (Å²) in [4.78, 5) is 5.23. The fourth-order valence-electron chi connectivity index (χ4n) is 0.385. The van der Waals surface area contributed by atoms with Crippen LogP contribution in [0.5, 0.6) is 0 Å². The summed E-state index contributed by atoms with van der Waals surface area (Å²) >= 11 is 3.33. The number of hydrogen-bond acceptors (Lipinski definition) is 2. The van der Waals surface area contributed by atoms with Gasteiger partial charge in [-0.3, -0.25) is 0 Å². The lowest BCUT2D eigenvalue weighted by atomic mass is 10.2. The van der Waals surface area contributed by atoms with Gasteiger partial charge in [-0.2, -0.15) is 0 Å². The maximum atomic E-state index is 5.23. The predicted molar refractivity (Wildman–Crippen MR) is 52.4 cm³/mol. The van der Waals surface area contributed by atoms with E-state index in [4.69, 9.17) is 4.84 Å². The van der Waals surface area contributed by atoms with Crippen LogP contribution in [0.3, 0.4) is 0 Å². The lowest BCUT2D eigenvalue weighted by molar-refractivity contribution is 0.000580. The highest BCUT2D eigenvalue weighted by molar-refractivity contribution is 9.09. The second kappa shape index (κ2) is 4.75. The van der Waals surface area contributed by atoms with Crippen LogP contribution < -0.4 is 0 Å². The van der Waals surface area contributed by atoms with Gasteiger partial charge in [-0.1, -0.05) is 28.0 Å². The molecule has 0 aliphatic carbocycles. The Labute approximate surface area is 77.1 Å². The Kier molecular flexibility index (Phi) is 4.73. The summed E-state index contributed by atoms with van der Waals surface area (Å²) in [6.07, 6.45) is 0.932. The Morgan fingerprint density at radius 3 is 2.27 bits per heavy atom. The van der Waals surface area contributed by atoms with E-state index in [9.17, 15) is 0 Å². The summed E-state index contributed by atoms with van der Waals surface area (Å²) in [5, 5.41) is 4.79. The third kappa shape index (κ3) is 6.35. The Balaban J connectivity index is 3.89. The molecule has 0 saturated heterocycles. The lowest BCUT2D eigenvalue weighted by Crippen LogP contribution is -2.17. The maximum Gasteiger partial charge on any atom is 0.129 e. The molecule has 0 rings (SSSR count). The quantitative estimate of drug-likeness (QED) is 0.408. The topological polar surface area (TPSA) is 21.6 Å². The first-order valence-corrected chi connectivity index (χ1v) is 4.91. The summed E-state index contributed by atoms with van der Waals surface area (Å²) in [5.41, 5.74) is 0.864. The van der Waals surface area contributed by atoms with E-state index in [1.54, 1.807) is 0 Å². The van der Waals surface area contributed by atoms with Crippen molar-refractivity contribution in [2.45, 2.75) is 39.7 Å². The van der Waals surface area contributed by atoms with Crippen molar-refractivity contribution >= 4 is 21.6 Å². The Bertz CT molecular complexity index is 132. The van der Waals surface area contributed by atoms with Gasteiger partial charge in [0.2, 0.25) is 0 Å². The van der Waals surface area contributed by atoms with Gasteiger partial charge in [0.15, 0.2) is 0 Å². The first-order valence-electron chi connectivity index (χ1n) is 3.79. The van der Waals surface area contributed by atoms with Gasteiger partial charge < -0.3 is 4.84 Å². The molecule has 0 heterocycles. The fourth-order valence-corrected chi connectivity index (χ4v) is 0.884. The van der Waals surface area contributed by atoms with Crippen LogP contribution in [0.15, 0.2) is 5.16 Å². The zero-order valence-corrected chi connectivity index (χ0v) is 9.23. The van der Waals surface area contributed by atoms with Gasteiger partial charge in [-0.15, -0.1) is 0 Å². The minimum Gasteiger partial charge on any atom is -0.390 e. The molecule has 0 aromatic rings. The minimum absolute atomic E-state index is 0.178. The van der Waals surface area contributed by atoms with Gasteiger partial charge in [0.1, 0.15) is 5.60 Å². The fraction of sp³-hybridized carbons (Fsp3) is 0.875. The van der Waals surface area contributed by atoms with Crippen molar-refractivity contribution in [2.75, 3.05) is 5.33 Å². The number of oxime groups is 1. The first kappa shape index (κ1) is 11.0. The van der Waals surface area contributed by atoms with Crippen molar-refractivity contribution in [1.29, 1.82) is 0 Å². The summed E-state index contributed by atoms with van der Waals surface area (Å²) in [7, 11) is 0. The van der Waals surface area contributed by atoms with E-state index in [1.807, 2.05) is 20.8 Å². The highest BCUT2D eigenvalue weighted by atomic mass is 79.9. The van der Waals surface area contributed by atoms with E-state index in [0.29, 0.717) is 0 Å². The molecule has 0 N–H and O–H groups in total. The zero-order chi connectivity index (χ0) is 8.91. The molecular formula is C8H16BrNO. The number of alkyl halides is 1. The number of halogens is 1. The van der Waals surface area contributed by atoms with E-state index in [2.05, 4.69) is 28.0 Å². The smallest absolute Gasteiger partial charge is 0.129 e. The van der Waals surface area contributed by atoms with Crippen molar-refractivity contribution in [3.8, 4) is 0 Å². The van der Waals surface area contributed by atoms with Crippen LogP contribution in [0, 0.1) is 0 Å². The highest BCUT2D eigenvalue weighted by Gasteiger charge is 2.10. The lowest BCUT2D eigenvalue weighted by Gasteiger charge is -2.16. The Morgan fingerprint density at radius 1 is 1.45 bits per heavy atom. The molecule has 0 atom stereocenters. The maximum absolute atomic E-state index is 5.23. The molecule has 0 amide bonds. The number of nitrogens with zero attached hydrogens (tertiary/aromatic N) is 1. The normalized spacial score (nSPS) is 13.4. The summed E-state index contributed by atoms with van der Waals surface area (Å²) in [5.74, 6) is 0. The largest absolute Gasteiger partial charge is 0.390 e. The molecule has 0 aromatic carbocycles. The predicted octanol–water partition coefficient (Wildman–Crippen LogP) is 2.96. The van der Waals surface area contributed by atoms with Crippen molar-refractivity contribution in [3.63, 3.8) is 0 Å². The average Bonchev–Trinajstić information content (AvgIpc) is 1.88. The number of rotatable bonds is 3. The molecule has 0 bridgehead atoms. The highest BCUT2D eigenvalue weighted by Crippen LogP contribution is 2.07. The zero-order valence-electron chi connectivity index (χ0n) is 7.65. The number of hydrogen-bond donors (Lipinski definition) is 0. The van der Waals surface area contributed by atoms with Crippen molar-refractivity contribution in [2.24, 2.45) is 5.16 Å². The van der Waals surface area contributed by atoms with Gasteiger partial charge in [0, 0.05) is 5.33 Å². The second-order valence-electron chi connectivity index (χ2n) is 3.35. The Morgan fingerprint density at radius 2 is 2.00 bits per heavy atom. The van der Waals surface area contributed by atoms with Gasteiger partial charge >= 0.3 is 0 Å². The molecule has 0 radical (unpaired) electrons. The molecule has 0 unspecified atom stereocenters. The second-order valence-corrected chi connectivity index (χ2v) is 3.91. The third-order valence-corrected chi connectivity index (χ3v) is 1.66. The molecule has 0 aliphatic rings. The van der Waals surface area contributed by atoms with Crippen LogP contribution in [0.25, 0.3) is 0 Å². The molecule has 2 nitrogen and oxygen atoms in total. The molecule has 0 aromatic heterocycles. The van der Waals surface area contributed by atoms with Gasteiger partial charge in [0.25, 0.3) is 0 Å². The summed E-state index contributed by atoms with van der Waals surface area (Å²) < 4.78 is 0. The van der Waals surface area contributed by atoms with Crippen LogP contribution in [-0.2, 0) is 4.84 Å². The van der Waals surface area contributed by atoms with E-state index in [1.165, 1.54) is 0 Å². The van der Waals surface area contributed by atoms with Gasteiger partial charge in [-0.25, -0.2) is 0 Å². The van der Waals surface area contributed by atoms with E-state index < -0.39 is 0 Å². The first-order chi connectivity index (χ1) is 4.99. The minimum atomic E-state index is -0.178. The molecule has 66 valence electrons. The van der Waals surface area contributed by atoms with Crippen LogP contribution in [0.4, 0.5) is 0 Å². The molecule has 11 heavy (non-hydrogen) atoms. The van der Waals surface area contributed by atoms with E-state index in [-0.39, 0.29) is 5.60 Å². The Hall–Kier alpha value is -0.0500. The molecule has 0 fully saturated rings. The molecule has 3 heteroatoms. The standard InChI is InChI=1S/C8H16BrNO/c1-5-7(6-9)10-11-8(2,3)4/h5-6H2,1-4H3. The van der Waals surface area contributed by atoms with Crippen LogP contribution in [-0.4, -0.2) is 16.6 Å². The van der Waals surface area contributed by atoms with Crippen molar-refractivity contribution in [3.05, 3.63) is 0 Å². The van der Waals surface area contributed by atoms with Gasteiger partial charge in [-0.05, 0) is 27.2 Å². The van der Waals surface area contributed by atoms with Gasteiger partial charge in [0.05, 0.1) is 5.71 Å². The van der Waals surface area contributed by atoms with E-state index in [0.717, 1.165) is 17.5 Å². The summed E-state index contributed by atoms with van der Waals surface area (Å²) in [6, 6.07) is 0. The third-order valence-electron chi connectivity index (χ3n) is 1.01. The summed E-state index contributed by atoms with van der Waals surface area (Å²) in [6.45, 7) is 8.01. The monoisotopic (exact) mass is 221 g/mol. The average molecular weight is 222 g/mol. The molecular weight excluding hydrogens is 206 g/mol. The molecule has 0 spiro atoms. The molecule has 0 saturated carbocycles. The van der Waals surface area contributed by atoms with Crippen LogP contribution >= 0.6 is 15.9 Å². The molecule has 0 aliphatic heterocycles. The van der Waals surface area contributed by atoms with Crippen LogP contribution in [0.2, 0.25) is 0 Å². The van der Waals surface area contributed by atoms with E-state index >= 15 is 0 Å². The van der Waals surface area contributed by atoms with Crippen molar-refractivity contribution in [1.82, 2.24) is 0 Å². The van der Waals surface area contributed by atoms with Crippen molar-refractivity contribution < 1.29 is 4.84 Å². The van der Waals surface area contributed by atoms with Crippen LogP contribution in [0.1, 0.15) is 34.1 Å².